The predicted octanol–water partition coefficient (Wildman–Crippen LogP) is 2.36. The summed E-state index contributed by atoms with van der Waals surface area (Å²) in [5.41, 5.74) is 0. The van der Waals surface area contributed by atoms with Gasteiger partial charge in [-0.2, -0.15) is 0 Å². The van der Waals surface area contributed by atoms with Gasteiger partial charge in [0.15, 0.2) is 6.61 Å². The van der Waals surface area contributed by atoms with Crippen LogP contribution >= 0.6 is 11.6 Å². The summed E-state index contributed by atoms with van der Waals surface area (Å²) in [7, 11) is 0. The Kier molecular flexibility index (Phi) is 8.83. The molecule has 6 nitrogen and oxygen atoms in total. The smallest absolute Gasteiger partial charge is 0.407 e. The molecule has 0 unspecified atom stereocenters. The third-order valence-corrected chi connectivity index (χ3v) is 2.88. The molecule has 1 rings (SSSR count). The highest BCUT2D eigenvalue weighted by Gasteiger charge is 2.04. The van der Waals surface area contributed by atoms with Gasteiger partial charge in [0, 0.05) is 18.1 Å². The van der Waals surface area contributed by atoms with Gasteiger partial charge in [0.25, 0.3) is 5.91 Å². The van der Waals surface area contributed by atoms with Crippen LogP contribution < -0.4 is 15.4 Å². The highest BCUT2D eigenvalue weighted by molar-refractivity contribution is 6.30. The summed E-state index contributed by atoms with van der Waals surface area (Å²) in [5.74, 6) is 0.299. The first-order valence-electron chi connectivity index (χ1n) is 7.17. The second-order valence-corrected chi connectivity index (χ2v) is 4.95. The van der Waals surface area contributed by atoms with Crippen LogP contribution in [0.4, 0.5) is 4.79 Å². The van der Waals surface area contributed by atoms with Crippen molar-refractivity contribution in [3.05, 3.63) is 29.3 Å². The predicted molar refractivity (Wildman–Crippen MR) is 84.2 cm³/mol. The van der Waals surface area contributed by atoms with Gasteiger partial charge in [0.1, 0.15) is 5.75 Å². The first kappa shape index (κ1) is 18.1. The maximum absolute atomic E-state index is 11.5. The molecule has 0 radical (unpaired) electrons. The van der Waals surface area contributed by atoms with Crippen molar-refractivity contribution in [2.24, 2.45) is 0 Å². The van der Waals surface area contributed by atoms with E-state index in [0.717, 1.165) is 12.8 Å². The van der Waals surface area contributed by atoms with Crippen LogP contribution in [-0.2, 0) is 9.53 Å². The van der Waals surface area contributed by atoms with Crippen LogP contribution in [-0.4, -0.2) is 38.3 Å². The van der Waals surface area contributed by atoms with E-state index in [1.165, 1.54) is 0 Å². The summed E-state index contributed by atoms with van der Waals surface area (Å²) >= 11 is 5.74. The highest BCUT2D eigenvalue weighted by Crippen LogP contribution is 2.15. The molecule has 0 fully saturated rings. The maximum atomic E-state index is 11.5. The fourth-order valence-electron chi connectivity index (χ4n) is 1.46. The van der Waals surface area contributed by atoms with Crippen molar-refractivity contribution < 1.29 is 19.1 Å². The molecule has 2 N–H and O–H groups in total. The molecule has 122 valence electrons. The zero-order valence-corrected chi connectivity index (χ0v) is 13.3. The van der Waals surface area contributed by atoms with E-state index in [1.54, 1.807) is 24.3 Å². The van der Waals surface area contributed by atoms with E-state index in [-0.39, 0.29) is 12.5 Å². The highest BCUT2D eigenvalue weighted by atomic mass is 35.5. The van der Waals surface area contributed by atoms with Gasteiger partial charge < -0.3 is 20.1 Å². The number of hydrogen-bond donors (Lipinski definition) is 2. The van der Waals surface area contributed by atoms with Crippen LogP contribution in [0, 0.1) is 0 Å². The molecule has 0 aliphatic rings. The molecule has 1 aromatic carbocycles. The fraction of sp³-hybridized carbons (Fsp3) is 0.467. The molecule has 22 heavy (non-hydrogen) atoms. The average Bonchev–Trinajstić information content (AvgIpc) is 2.51. The molecule has 0 saturated heterocycles. The molecular weight excluding hydrogens is 308 g/mol. The van der Waals surface area contributed by atoms with Crippen molar-refractivity contribution >= 4 is 23.6 Å². The Morgan fingerprint density at radius 1 is 1.14 bits per heavy atom. The molecular formula is C15H21ClN2O4. The van der Waals surface area contributed by atoms with Gasteiger partial charge in [-0.15, -0.1) is 0 Å². The normalized spacial score (nSPS) is 9.91. The number of alkyl carbamates (subject to hydrolysis) is 1. The Morgan fingerprint density at radius 2 is 1.82 bits per heavy atom. The van der Waals surface area contributed by atoms with E-state index in [0.29, 0.717) is 30.5 Å². The van der Waals surface area contributed by atoms with Gasteiger partial charge in [-0.3, -0.25) is 4.79 Å². The number of rotatable bonds is 9. The monoisotopic (exact) mass is 328 g/mol. The van der Waals surface area contributed by atoms with Gasteiger partial charge in [-0.25, -0.2) is 4.79 Å². The van der Waals surface area contributed by atoms with Crippen LogP contribution in [0.3, 0.4) is 0 Å². The van der Waals surface area contributed by atoms with E-state index in [1.807, 2.05) is 6.92 Å². The van der Waals surface area contributed by atoms with Crippen molar-refractivity contribution in [2.75, 3.05) is 26.3 Å². The van der Waals surface area contributed by atoms with Crippen LogP contribution in [0.15, 0.2) is 24.3 Å². The minimum absolute atomic E-state index is 0.0947. The summed E-state index contributed by atoms with van der Waals surface area (Å²) in [5, 5.41) is 5.78. The number of ether oxygens (including phenoxy) is 2. The van der Waals surface area contributed by atoms with Gasteiger partial charge in [-0.05, 0) is 30.7 Å². The molecule has 0 aliphatic carbocycles. The minimum atomic E-state index is -0.472. The molecule has 0 bridgehead atoms. The molecule has 0 atom stereocenters. The fourth-order valence-corrected chi connectivity index (χ4v) is 1.58. The maximum Gasteiger partial charge on any atom is 0.407 e. The van der Waals surface area contributed by atoms with E-state index in [9.17, 15) is 9.59 Å². The number of unbranched alkanes of at least 4 members (excludes halogenated alkanes) is 1. The lowest BCUT2D eigenvalue weighted by Gasteiger charge is -2.09. The van der Waals surface area contributed by atoms with E-state index >= 15 is 0 Å². The quantitative estimate of drug-likeness (QED) is 0.682. The van der Waals surface area contributed by atoms with Crippen LogP contribution in [0.25, 0.3) is 0 Å². The lowest BCUT2D eigenvalue weighted by Crippen LogP contribution is -2.37. The van der Waals surface area contributed by atoms with E-state index in [2.05, 4.69) is 10.6 Å². The molecule has 0 aromatic heterocycles. The number of hydrogen-bond acceptors (Lipinski definition) is 4. The molecule has 7 heteroatoms. The third-order valence-electron chi connectivity index (χ3n) is 2.63. The topological polar surface area (TPSA) is 76.7 Å². The van der Waals surface area contributed by atoms with Crippen molar-refractivity contribution in [3.63, 3.8) is 0 Å². The summed E-state index contributed by atoms with van der Waals surface area (Å²) in [6.07, 6.45) is 1.34. The Labute approximate surface area is 135 Å². The number of nitrogens with one attached hydrogen (secondary N) is 2. The first-order chi connectivity index (χ1) is 10.6. The summed E-state index contributed by atoms with van der Waals surface area (Å²) in [6.45, 7) is 2.94. The molecule has 0 heterocycles. The Hall–Kier alpha value is -1.95. The number of halogens is 1. The van der Waals surface area contributed by atoms with Gasteiger partial charge in [0.05, 0.1) is 6.61 Å². The molecule has 1 aromatic rings. The zero-order chi connectivity index (χ0) is 16.2. The molecule has 0 saturated carbocycles. The summed E-state index contributed by atoms with van der Waals surface area (Å²) in [6, 6.07) is 6.73. The lowest BCUT2D eigenvalue weighted by atomic mass is 10.3. The second kappa shape index (κ2) is 10.7. The van der Waals surface area contributed by atoms with Gasteiger partial charge >= 0.3 is 6.09 Å². The van der Waals surface area contributed by atoms with Crippen molar-refractivity contribution in [3.8, 4) is 5.75 Å². The van der Waals surface area contributed by atoms with Crippen molar-refractivity contribution in [1.29, 1.82) is 0 Å². The standard InChI is InChI=1S/C15H21ClN2O4/c1-2-3-10-21-15(20)18-9-8-17-14(19)11-22-13-6-4-12(16)5-7-13/h4-7H,2-3,8-11H2,1H3,(H,17,19)(H,18,20). The van der Waals surface area contributed by atoms with Crippen molar-refractivity contribution in [1.82, 2.24) is 10.6 Å². The number of amides is 2. The van der Waals surface area contributed by atoms with Gasteiger partial charge in [-0.1, -0.05) is 24.9 Å². The Morgan fingerprint density at radius 3 is 2.50 bits per heavy atom. The number of benzene rings is 1. The third kappa shape index (κ3) is 8.36. The SMILES string of the molecule is CCCCOC(=O)NCCNC(=O)COc1ccc(Cl)cc1. The molecule has 2 amide bonds. The van der Waals surface area contributed by atoms with Gasteiger partial charge in [0.2, 0.25) is 0 Å². The number of carbonyl (C=O) groups excluding carboxylic acids is 2. The Bertz CT molecular complexity index is 465. The number of carbonyl (C=O) groups is 2. The van der Waals surface area contributed by atoms with Crippen molar-refractivity contribution in [2.45, 2.75) is 19.8 Å². The minimum Gasteiger partial charge on any atom is -0.484 e. The van der Waals surface area contributed by atoms with E-state index < -0.39 is 6.09 Å². The molecule has 0 aliphatic heterocycles. The van der Waals surface area contributed by atoms with Crippen LogP contribution in [0.1, 0.15) is 19.8 Å². The van der Waals surface area contributed by atoms with Crippen LogP contribution in [0.5, 0.6) is 5.75 Å². The average molecular weight is 329 g/mol. The summed E-state index contributed by atoms with van der Waals surface area (Å²) < 4.78 is 10.2. The second-order valence-electron chi connectivity index (χ2n) is 4.51. The lowest BCUT2D eigenvalue weighted by molar-refractivity contribution is -0.123. The summed E-state index contributed by atoms with van der Waals surface area (Å²) in [4.78, 5) is 22.8. The largest absolute Gasteiger partial charge is 0.484 e. The first-order valence-corrected chi connectivity index (χ1v) is 7.55. The van der Waals surface area contributed by atoms with E-state index in [4.69, 9.17) is 21.1 Å². The zero-order valence-electron chi connectivity index (χ0n) is 12.6. The molecule has 0 spiro atoms. The Balaban J connectivity index is 2.06. The van der Waals surface area contributed by atoms with Crippen LogP contribution in [0.2, 0.25) is 5.02 Å².